The number of amides is 1. The van der Waals surface area contributed by atoms with Crippen molar-refractivity contribution < 1.29 is 14.3 Å². The molecule has 2 rings (SSSR count). The summed E-state index contributed by atoms with van der Waals surface area (Å²) in [5.41, 5.74) is 0.614. The second kappa shape index (κ2) is 5.33. The van der Waals surface area contributed by atoms with E-state index in [0.717, 1.165) is 6.42 Å². The minimum atomic E-state index is 0.0107. The first-order valence-electron chi connectivity index (χ1n) is 5.72. The van der Waals surface area contributed by atoms with E-state index >= 15 is 0 Å². The largest absolute Gasteiger partial charge is 0.383 e. The van der Waals surface area contributed by atoms with E-state index in [4.69, 9.17) is 9.47 Å². The Morgan fingerprint density at radius 3 is 3.00 bits per heavy atom. The number of likely N-dealkylation sites (tertiary alicyclic amines) is 1. The molecule has 0 aromatic carbocycles. The third-order valence-electron chi connectivity index (χ3n) is 3.16. The maximum absolute atomic E-state index is 12.2. The van der Waals surface area contributed by atoms with E-state index < -0.39 is 0 Å². The fourth-order valence-electron chi connectivity index (χ4n) is 2.26. The van der Waals surface area contributed by atoms with E-state index in [1.54, 1.807) is 26.5 Å². The summed E-state index contributed by atoms with van der Waals surface area (Å²) in [6.07, 6.45) is 2.69. The lowest BCUT2D eigenvalue weighted by Crippen LogP contribution is -2.38. The number of ether oxygens (including phenoxy) is 2. The van der Waals surface area contributed by atoms with Crippen LogP contribution in [-0.4, -0.2) is 55.3 Å². The van der Waals surface area contributed by atoms with Crippen molar-refractivity contribution >= 4 is 5.91 Å². The highest BCUT2D eigenvalue weighted by atomic mass is 16.5. The van der Waals surface area contributed by atoms with Gasteiger partial charge in [-0.1, -0.05) is 0 Å². The predicted molar refractivity (Wildman–Crippen MR) is 62.9 cm³/mol. The third-order valence-corrected chi connectivity index (χ3v) is 3.16. The van der Waals surface area contributed by atoms with Gasteiger partial charge in [0.25, 0.3) is 5.91 Å². The highest BCUT2D eigenvalue weighted by Gasteiger charge is 2.35. The Hall–Kier alpha value is -1.33. The van der Waals surface area contributed by atoms with Crippen LogP contribution in [0.2, 0.25) is 0 Å². The number of carbonyl (C=O) groups is 1. The molecular formula is C12H18N2O3. The van der Waals surface area contributed by atoms with Crippen LogP contribution in [0, 0.1) is 0 Å². The average Bonchev–Trinajstić information content (AvgIpc) is 2.97. The molecule has 1 saturated heterocycles. The lowest BCUT2D eigenvalue weighted by molar-refractivity contribution is 0.0607. The SMILES string of the molecule is COC[C@@H]1C[C@@H](OC)CN1C(=O)c1ccc[nH]1. The van der Waals surface area contributed by atoms with Gasteiger partial charge in [-0.3, -0.25) is 4.79 Å². The van der Waals surface area contributed by atoms with Crippen molar-refractivity contribution in [1.29, 1.82) is 0 Å². The van der Waals surface area contributed by atoms with Gasteiger partial charge in [0.2, 0.25) is 0 Å². The zero-order valence-electron chi connectivity index (χ0n) is 10.2. The van der Waals surface area contributed by atoms with Crippen molar-refractivity contribution in [1.82, 2.24) is 9.88 Å². The molecule has 2 heterocycles. The fourth-order valence-corrected chi connectivity index (χ4v) is 2.26. The number of nitrogens with one attached hydrogen (secondary N) is 1. The lowest BCUT2D eigenvalue weighted by Gasteiger charge is -2.23. The minimum Gasteiger partial charge on any atom is -0.383 e. The number of rotatable bonds is 4. The Morgan fingerprint density at radius 2 is 2.41 bits per heavy atom. The summed E-state index contributed by atoms with van der Waals surface area (Å²) >= 11 is 0. The number of carbonyl (C=O) groups excluding carboxylic acids is 1. The number of aromatic amines is 1. The molecule has 1 aromatic heterocycles. The second-order valence-electron chi connectivity index (χ2n) is 4.24. The van der Waals surface area contributed by atoms with Crippen molar-refractivity contribution in [3.63, 3.8) is 0 Å². The molecule has 0 spiro atoms. The van der Waals surface area contributed by atoms with Crippen LogP contribution in [0.25, 0.3) is 0 Å². The summed E-state index contributed by atoms with van der Waals surface area (Å²) in [5, 5.41) is 0. The molecule has 1 N–H and O–H groups in total. The highest BCUT2D eigenvalue weighted by molar-refractivity contribution is 5.92. The van der Waals surface area contributed by atoms with E-state index in [1.807, 2.05) is 11.0 Å². The summed E-state index contributed by atoms with van der Waals surface area (Å²) in [4.78, 5) is 17.0. The van der Waals surface area contributed by atoms with Gasteiger partial charge in [0.15, 0.2) is 0 Å². The van der Waals surface area contributed by atoms with Gasteiger partial charge in [-0.15, -0.1) is 0 Å². The molecular weight excluding hydrogens is 220 g/mol. The van der Waals surface area contributed by atoms with Crippen LogP contribution in [-0.2, 0) is 9.47 Å². The summed E-state index contributed by atoms with van der Waals surface area (Å²) in [5.74, 6) is 0.0107. The van der Waals surface area contributed by atoms with Crippen molar-refractivity contribution in [3.8, 4) is 0 Å². The van der Waals surface area contributed by atoms with Crippen LogP contribution in [0.5, 0.6) is 0 Å². The van der Waals surface area contributed by atoms with Gasteiger partial charge in [0.1, 0.15) is 5.69 Å². The fraction of sp³-hybridized carbons (Fsp3) is 0.583. The van der Waals surface area contributed by atoms with E-state index in [1.165, 1.54) is 0 Å². The second-order valence-corrected chi connectivity index (χ2v) is 4.24. The monoisotopic (exact) mass is 238 g/mol. The molecule has 1 aliphatic rings. The molecule has 0 unspecified atom stereocenters. The Kier molecular flexibility index (Phi) is 3.81. The van der Waals surface area contributed by atoms with Gasteiger partial charge in [0.05, 0.1) is 18.8 Å². The first kappa shape index (κ1) is 12.1. The van der Waals surface area contributed by atoms with Crippen LogP contribution >= 0.6 is 0 Å². The zero-order chi connectivity index (χ0) is 12.3. The van der Waals surface area contributed by atoms with Gasteiger partial charge in [0, 0.05) is 27.0 Å². The molecule has 1 aromatic rings. The summed E-state index contributed by atoms with van der Waals surface area (Å²) in [6, 6.07) is 3.70. The van der Waals surface area contributed by atoms with Crippen molar-refractivity contribution in [2.75, 3.05) is 27.4 Å². The Morgan fingerprint density at radius 1 is 1.59 bits per heavy atom. The molecule has 0 radical (unpaired) electrons. The topological polar surface area (TPSA) is 54.6 Å². The summed E-state index contributed by atoms with van der Waals surface area (Å²) in [6.45, 7) is 1.18. The number of aromatic nitrogens is 1. The first-order valence-corrected chi connectivity index (χ1v) is 5.72. The van der Waals surface area contributed by atoms with Crippen LogP contribution in [0.3, 0.4) is 0 Å². The molecule has 94 valence electrons. The maximum atomic E-state index is 12.2. The summed E-state index contributed by atoms with van der Waals surface area (Å²) in [7, 11) is 3.33. The van der Waals surface area contributed by atoms with Gasteiger partial charge in [-0.05, 0) is 18.6 Å². The normalized spacial score (nSPS) is 24.2. The van der Waals surface area contributed by atoms with E-state index in [9.17, 15) is 4.79 Å². The first-order chi connectivity index (χ1) is 8.26. The van der Waals surface area contributed by atoms with Crippen LogP contribution in [0.1, 0.15) is 16.9 Å². The minimum absolute atomic E-state index is 0.0107. The number of H-pyrrole nitrogens is 1. The quantitative estimate of drug-likeness (QED) is 0.847. The molecule has 1 aliphatic heterocycles. The lowest BCUT2D eigenvalue weighted by atomic mass is 10.2. The van der Waals surface area contributed by atoms with Gasteiger partial charge in [-0.25, -0.2) is 0 Å². The average molecular weight is 238 g/mol. The number of hydrogen-bond acceptors (Lipinski definition) is 3. The Labute approximate surface area is 101 Å². The summed E-state index contributed by atoms with van der Waals surface area (Å²) < 4.78 is 10.5. The maximum Gasteiger partial charge on any atom is 0.270 e. The standard InChI is InChI=1S/C12H18N2O3/c1-16-8-9-6-10(17-2)7-14(9)12(15)11-4-3-5-13-11/h3-5,9-10,13H,6-8H2,1-2H3/t9-,10+/m0/s1. The predicted octanol–water partition coefficient (Wildman–Crippen LogP) is 0.891. The van der Waals surface area contributed by atoms with Crippen molar-refractivity contribution in [2.45, 2.75) is 18.6 Å². The molecule has 1 fully saturated rings. The van der Waals surface area contributed by atoms with Crippen LogP contribution in [0.4, 0.5) is 0 Å². The van der Waals surface area contributed by atoms with Gasteiger partial charge >= 0.3 is 0 Å². The zero-order valence-corrected chi connectivity index (χ0v) is 10.2. The number of hydrogen-bond donors (Lipinski definition) is 1. The number of methoxy groups -OCH3 is 2. The molecule has 17 heavy (non-hydrogen) atoms. The van der Waals surface area contributed by atoms with E-state index in [2.05, 4.69) is 4.98 Å². The van der Waals surface area contributed by atoms with Crippen molar-refractivity contribution in [2.24, 2.45) is 0 Å². The Balaban J connectivity index is 2.09. The molecule has 2 atom stereocenters. The highest BCUT2D eigenvalue weighted by Crippen LogP contribution is 2.22. The van der Waals surface area contributed by atoms with Gasteiger partial charge in [-0.2, -0.15) is 0 Å². The molecule has 5 nitrogen and oxygen atoms in total. The van der Waals surface area contributed by atoms with Gasteiger partial charge < -0.3 is 19.4 Å². The molecule has 0 bridgehead atoms. The van der Waals surface area contributed by atoms with E-state index in [-0.39, 0.29) is 18.1 Å². The molecule has 1 amide bonds. The van der Waals surface area contributed by atoms with E-state index in [0.29, 0.717) is 18.8 Å². The molecule has 0 saturated carbocycles. The number of nitrogens with zero attached hydrogens (tertiary/aromatic N) is 1. The van der Waals surface area contributed by atoms with Crippen molar-refractivity contribution in [3.05, 3.63) is 24.0 Å². The third kappa shape index (κ3) is 2.50. The van der Waals surface area contributed by atoms with Crippen LogP contribution in [0.15, 0.2) is 18.3 Å². The van der Waals surface area contributed by atoms with Crippen LogP contribution < -0.4 is 0 Å². The molecule has 0 aliphatic carbocycles. The Bertz CT molecular complexity index is 364. The smallest absolute Gasteiger partial charge is 0.270 e. The molecule has 5 heteroatoms.